The van der Waals surface area contributed by atoms with Crippen molar-refractivity contribution in [1.29, 1.82) is 0 Å². The summed E-state index contributed by atoms with van der Waals surface area (Å²) in [4.78, 5) is 0. The minimum absolute atomic E-state index is 0.458. The molecular formula is C13H18N2O. The third-order valence-electron chi connectivity index (χ3n) is 2.54. The van der Waals surface area contributed by atoms with Gasteiger partial charge in [-0.3, -0.25) is 5.10 Å². The predicted molar refractivity (Wildman–Crippen MR) is 65.8 cm³/mol. The second-order valence-electron chi connectivity index (χ2n) is 3.84. The fourth-order valence-corrected chi connectivity index (χ4v) is 1.57. The number of H-pyrrole nitrogens is 1. The minimum Gasteiger partial charge on any atom is -0.490 e. The Morgan fingerprint density at radius 2 is 2.06 bits per heavy atom. The zero-order valence-corrected chi connectivity index (χ0v) is 10.1. The molecule has 1 saturated carbocycles. The van der Waals surface area contributed by atoms with Gasteiger partial charge in [0.2, 0.25) is 0 Å². The van der Waals surface area contributed by atoms with E-state index in [0.717, 1.165) is 22.3 Å². The van der Waals surface area contributed by atoms with Gasteiger partial charge in [0.25, 0.3) is 0 Å². The Balaban J connectivity index is 0.000000457. The van der Waals surface area contributed by atoms with Crippen molar-refractivity contribution in [3.63, 3.8) is 0 Å². The summed E-state index contributed by atoms with van der Waals surface area (Å²) in [6.45, 7) is 6.02. The van der Waals surface area contributed by atoms with Crippen LogP contribution in [-0.4, -0.2) is 16.3 Å². The Labute approximate surface area is 95.8 Å². The first-order chi connectivity index (χ1) is 7.83. The maximum atomic E-state index is 5.72. The van der Waals surface area contributed by atoms with Crippen LogP contribution >= 0.6 is 0 Å². The lowest BCUT2D eigenvalue weighted by molar-refractivity contribution is 0.303. The van der Waals surface area contributed by atoms with E-state index in [1.807, 2.05) is 32.9 Å². The highest BCUT2D eigenvalue weighted by atomic mass is 16.5. The van der Waals surface area contributed by atoms with Crippen molar-refractivity contribution in [3.8, 4) is 5.75 Å². The summed E-state index contributed by atoms with van der Waals surface area (Å²) >= 11 is 0. The number of ether oxygens (including phenoxy) is 1. The van der Waals surface area contributed by atoms with Crippen molar-refractivity contribution in [2.24, 2.45) is 0 Å². The number of aromatic nitrogens is 2. The van der Waals surface area contributed by atoms with Crippen LogP contribution in [-0.2, 0) is 0 Å². The highest BCUT2D eigenvalue weighted by Crippen LogP contribution is 2.29. The third-order valence-corrected chi connectivity index (χ3v) is 2.54. The summed E-state index contributed by atoms with van der Waals surface area (Å²) < 4.78 is 5.72. The van der Waals surface area contributed by atoms with Crippen LogP contribution in [0, 0.1) is 6.92 Å². The number of benzene rings is 1. The average Bonchev–Trinajstić information content (AvgIpc) is 3.06. The largest absolute Gasteiger partial charge is 0.490 e. The second kappa shape index (κ2) is 4.56. The average molecular weight is 218 g/mol. The zero-order valence-electron chi connectivity index (χ0n) is 10.1. The molecule has 3 heteroatoms. The van der Waals surface area contributed by atoms with Crippen LogP contribution in [0.5, 0.6) is 5.75 Å². The fraction of sp³-hybridized carbons (Fsp3) is 0.462. The Morgan fingerprint density at radius 1 is 1.31 bits per heavy atom. The van der Waals surface area contributed by atoms with Crippen LogP contribution in [0.15, 0.2) is 18.2 Å². The predicted octanol–water partition coefficient (Wildman–Crippen LogP) is 3.44. The zero-order chi connectivity index (χ0) is 11.5. The first-order valence-corrected chi connectivity index (χ1v) is 5.94. The first-order valence-electron chi connectivity index (χ1n) is 5.94. The quantitative estimate of drug-likeness (QED) is 0.838. The van der Waals surface area contributed by atoms with Crippen molar-refractivity contribution in [3.05, 3.63) is 23.9 Å². The van der Waals surface area contributed by atoms with Crippen LogP contribution in [0.1, 0.15) is 32.4 Å². The van der Waals surface area contributed by atoms with Crippen LogP contribution in [0.2, 0.25) is 0 Å². The summed E-state index contributed by atoms with van der Waals surface area (Å²) in [7, 11) is 0. The van der Waals surface area contributed by atoms with E-state index in [1.54, 1.807) is 0 Å². The molecule has 1 fully saturated rings. The first kappa shape index (κ1) is 11.0. The van der Waals surface area contributed by atoms with Crippen LogP contribution in [0.25, 0.3) is 10.9 Å². The lowest BCUT2D eigenvalue weighted by Crippen LogP contribution is -1.95. The number of hydrogen-bond acceptors (Lipinski definition) is 2. The molecule has 1 aliphatic rings. The van der Waals surface area contributed by atoms with E-state index >= 15 is 0 Å². The van der Waals surface area contributed by atoms with Crippen molar-refractivity contribution in [1.82, 2.24) is 10.2 Å². The van der Waals surface area contributed by atoms with Gasteiger partial charge in [0.15, 0.2) is 0 Å². The molecular weight excluding hydrogens is 200 g/mol. The van der Waals surface area contributed by atoms with Gasteiger partial charge in [-0.15, -0.1) is 0 Å². The van der Waals surface area contributed by atoms with E-state index < -0.39 is 0 Å². The molecule has 86 valence electrons. The molecule has 2 aromatic rings. The Bertz CT molecular complexity index is 472. The van der Waals surface area contributed by atoms with Crippen molar-refractivity contribution < 1.29 is 4.74 Å². The van der Waals surface area contributed by atoms with Crippen LogP contribution in [0.3, 0.4) is 0 Å². The number of nitrogens with zero attached hydrogens (tertiary/aromatic N) is 1. The number of nitrogens with one attached hydrogen (secondary N) is 1. The number of fused-ring (bicyclic) bond motifs is 1. The van der Waals surface area contributed by atoms with Gasteiger partial charge in [0.05, 0.1) is 11.6 Å². The molecule has 16 heavy (non-hydrogen) atoms. The van der Waals surface area contributed by atoms with E-state index in [1.165, 1.54) is 12.8 Å². The lowest BCUT2D eigenvalue weighted by Gasteiger charge is -2.03. The molecule has 3 nitrogen and oxygen atoms in total. The van der Waals surface area contributed by atoms with Gasteiger partial charge >= 0.3 is 0 Å². The normalized spacial score (nSPS) is 14.4. The van der Waals surface area contributed by atoms with Crippen molar-refractivity contribution >= 4 is 10.9 Å². The SMILES string of the molecule is CC.Cc1[nH]nc2ccc(OC3CC3)cc12. The van der Waals surface area contributed by atoms with Gasteiger partial charge in [0, 0.05) is 11.1 Å². The lowest BCUT2D eigenvalue weighted by atomic mass is 10.2. The molecule has 0 saturated heterocycles. The maximum Gasteiger partial charge on any atom is 0.120 e. The molecule has 1 aromatic heterocycles. The standard InChI is InChI=1S/C11H12N2O.C2H6/c1-7-10-6-9(14-8-2-3-8)4-5-11(10)13-12-7;1-2/h4-6,8H,2-3H2,1H3,(H,12,13);1-2H3. The number of aromatic amines is 1. The summed E-state index contributed by atoms with van der Waals surface area (Å²) in [5.74, 6) is 0.963. The highest BCUT2D eigenvalue weighted by Gasteiger charge is 2.23. The molecule has 3 rings (SSSR count). The molecule has 0 unspecified atom stereocenters. The van der Waals surface area contributed by atoms with E-state index in [2.05, 4.69) is 16.3 Å². The monoisotopic (exact) mass is 218 g/mol. The van der Waals surface area contributed by atoms with Crippen molar-refractivity contribution in [2.45, 2.75) is 39.7 Å². The Kier molecular flexibility index (Phi) is 3.13. The summed E-state index contributed by atoms with van der Waals surface area (Å²) in [6, 6.07) is 6.05. The molecule has 0 spiro atoms. The van der Waals surface area contributed by atoms with Gasteiger partial charge in [0.1, 0.15) is 5.75 Å². The van der Waals surface area contributed by atoms with Gasteiger partial charge in [-0.1, -0.05) is 13.8 Å². The van der Waals surface area contributed by atoms with Gasteiger partial charge in [-0.2, -0.15) is 5.10 Å². The van der Waals surface area contributed by atoms with Crippen LogP contribution < -0.4 is 4.74 Å². The Hall–Kier alpha value is -1.51. The summed E-state index contributed by atoms with van der Waals surface area (Å²) in [6.07, 6.45) is 2.85. The third kappa shape index (κ3) is 2.18. The minimum atomic E-state index is 0.458. The highest BCUT2D eigenvalue weighted by molar-refractivity contribution is 5.82. The van der Waals surface area contributed by atoms with Gasteiger partial charge < -0.3 is 4.74 Å². The van der Waals surface area contributed by atoms with Crippen molar-refractivity contribution in [2.75, 3.05) is 0 Å². The molecule has 0 radical (unpaired) electrons. The van der Waals surface area contributed by atoms with Gasteiger partial charge in [-0.05, 0) is 38.0 Å². The van der Waals surface area contributed by atoms with E-state index in [4.69, 9.17) is 4.74 Å². The van der Waals surface area contributed by atoms with Gasteiger partial charge in [-0.25, -0.2) is 0 Å². The topological polar surface area (TPSA) is 37.9 Å². The molecule has 1 heterocycles. The summed E-state index contributed by atoms with van der Waals surface area (Å²) in [5, 5.41) is 8.30. The van der Waals surface area contributed by atoms with E-state index in [-0.39, 0.29) is 0 Å². The fourth-order valence-electron chi connectivity index (χ4n) is 1.57. The molecule has 0 atom stereocenters. The maximum absolute atomic E-state index is 5.72. The molecule has 1 N–H and O–H groups in total. The summed E-state index contributed by atoms with van der Waals surface area (Å²) in [5.41, 5.74) is 2.10. The number of hydrogen-bond donors (Lipinski definition) is 1. The molecule has 0 amide bonds. The molecule has 1 aliphatic carbocycles. The van der Waals surface area contributed by atoms with E-state index in [9.17, 15) is 0 Å². The number of rotatable bonds is 2. The second-order valence-corrected chi connectivity index (χ2v) is 3.84. The van der Waals surface area contributed by atoms with Crippen LogP contribution in [0.4, 0.5) is 0 Å². The van der Waals surface area contributed by atoms with E-state index in [0.29, 0.717) is 6.10 Å². The molecule has 0 aliphatic heterocycles. The number of aryl methyl sites for hydroxylation is 1. The molecule has 0 bridgehead atoms. The smallest absolute Gasteiger partial charge is 0.120 e. The molecule has 1 aromatic carbocycles. The Morgan fingerprint density at radius 3 is 2.75 bits per heavy atom.